The number of carbonyl (C=O) groups excluding carboxylic acids is 2. The molecule has 1 aromatic carbocycles. The Kier molecular flexibility index (Phi) is 4.78. The molecule has 124 valence electrons. The number of anilines is 1. The average Bonchev–Trinajstić information content (AvgIpc) is 2.93. The summed E-state index contributed by atoms with van der Waals surface area (Å²) in [5.74, 6) is -0.157. The maximum absolute atomic E-state index is 12.8. The molecule has 1 aliphatic heterocycles. The number of benzene rings is 1. The summed E-state index contributed by atoms with van der Waals surface area (Å²) >= 11 is 0. The van der Waals surface area contributed by atoms with E-state index < -0.39 is 17.7 Å². The SMILES string of the molecule is Cc1cccc(N(C)C(=O)[C@@H]2C=CCN2C(=O)OC(C)(C)C)c1. The third kappa shape index (κ3) is 4.12. The largest absolute Gasteiger partial charge is 0.444 e. The number of amides is 2. The molecule has 23 heavy (non-hydrogen) atoms. The third-order valence-corrected chi connectivity index (χ3v) is 3.56. The van der Waals surface area contributed by atoms with Gasteiger partial charge < -0.3 is 9.64 Å². The van der Waals surface area contributed by atoms with Gasteiger partial charge in [0.2, 0.25) is 0 Å². The van der Waals surface area contributed by atoms with Crippen molar-refractivity contribution in [2.45, 2.75) is 39.3 Å². The molecule has 0 bridgehead atoms. The molecule has 1 aromatic rings. The molecule has 0 radical (unpaired) electrons. The van der Waals surface area contributed by atoms with Gasteiger partial charge in [0, 0.05) is 19.3 Å². The zero-order valence-corrected chi connectivity index (χ0v) is 14.4. The first kappa shape index (κ1) is 17.1. The molecule has 0 saturated carbocycles. The van der Waals surface area contributed by atoms with Crippen molar-refractivity contribution in [1.29, 1.82) is 0 Å². The second kappa shape index (κ2) is 6.44. The van der Waals surface area contributed by atoms with Gasteiger partial charge in [-0.3, -0.25) is 9.69 Å². The van der Waals surface area contributed by atoms with E-state index in [-0.39, 0.29) is 5.91 Å². The van der Waals surface area contributed by atoms with E-state index in [9.17, 15) is 9.59 Å². The highest BCUT2D eigenvalue weighted by Gasteiger charge is 2.35. The fourth-order valence-electron chi connectivity index (χ4n) is 2.41. The lowest BCUT2D eigenvalue weighted by Gasteiger charge is -2.30. The number of nitrogens with zero attached hydrogens (tertiary/aromatic N) is 2. The second-order valence-electron chi connectivity index (χ2n) is 6.74. The molecule has 5 heteroatoms. The second-order valence-corrected chi connectivity index (χ2v) is 6.74. The van der Waals surface area contributed by atoms with Gasteiger partial charge in [-0.25, -0.2) is 4.79 Å². The van der Waals surface area contributed by atoms with Gasteiger partial charge in [-0.2, -0.15) is 0 Å². The molecule has 0 fully saturated rings. The Bertz CT molecular complexity index is 631. The Morgan fingerprint density at radius 3 is 2.61 bits per heavy atom. The van der Waals surface area contributed by atoms with Crippen LogP contribution in [-0.4, -0.2) is 42.1 Å². The third-order valence-electron chi connectivity index (χ3n) is 3.56. The number of rotatable bonds is 2. The number of aryl methyl sites for hydroxylation is 1. The van der Waals surface area contributed by atoms with Crippen molar-refractivity contribution in [1.82, 2.24) is 4.90 Å². The molecule has 0 N–H and O–H groups in total. The Morgan fingerprint density at radius 1 is 1.30 bits per heavy atom. The van der Waals surface area contributed by atoms with Crippen molar-refractivity contribution >= 4 is 17.7 Å². The molecular weight excluding hydrogens is 292 g/mol. The van der Waals surface area contributed by atoms with Crippen LogP contribution >= 0.6 is 0 Å². The summed E-state index contributed by atoms with van der Waals surface area (Å²) in [5, 5.41) is 0. The lowest BCUT2D eigenvalue weighted by Crippen LogP contribution is -2.48. The number of likely N-dealkylation sites (N-methyl/N-ethyl adjacent to an activating group) is 1. The summed E-state index contributed by atoms with van der Waals surface area (Å²) in [4.78, 5) is 28.1. The fraction of sp³-hybridized carbons (Fsp3) is 0.444. The maximum atomic E-state index is 12.8. The standard InChI is InChI=1S/C18H24N2O3/c1-13-8-6-9-14(12-13)19(5)16(21)15-10-7-11-20(15)17(22)23-18(2,3)4/h6-10,12,15H,11H2,1-5H3/t15-/m0/s1. The summed E-state index contributed by atoms with van der Waals surface area (Å²) in [5.41, 5.74) is 1.29. The molecule has 0 spiro atoms. The van der Waals surface area contributed by atoms with Crippen LogP contribution in [0.1, 0.15) is 26.3 Å². The van der Waals surface area contributed by atoms with Crippen LogP contribution in [0.25, 0.3) is 0 Å². The molecule has 1 heterocycles. The zero-order valence-electron chi connectivity index (χ0n) is 14.4. The zero-order chi connectivity index (χ0) is 17.2. The van der Waals surface area contributed by atoms with E-state index in [2.05, 4.69) is 0 Å². The maximum Gasteiger partial charge on any atom is 0.411 e. The molecule has 0 unspecified atom stereocenters. The van der Waals surface area contributed by atoms with Crippen LogP contribution in [0.3, 0.4) is 0 Å². The van der Waals surface area contributed by atoms with Gasteiger partial charge in [0.25, 0.3) is 5.91 Å². The highest BCUT2D eigenvalue weighted by molar-refractivity contribution is 6.00. The van der Waals surface area contributed by atoms with E-state index in [0.29, 0.717) is 6.54 Å². The van der Waals surface area contributed by atoms with Crippen LogP contribution in [-0.2, 0) is 9.53 Å². The first-order chi connectivity index (χ1) is 10.7. The van der Waals surface area contributed by atoms with Crippen molar-refractivity contribution in [3.8, 4) is 0 Å². The predicted octanol–water partition coefficient (Wildman–Crippen LogP) is 3.13. The van der Waals surface area contributed by atoms with Gasteiger partial charge in [0.05, 0.1) is 0 Å². The highest BCUT2D eigenvalue weighted by atomic mass is 16.6. The number of hydrogen-bond donors (Lipinski definition) is 0. The first-order valence-corrected chi connectivity index (χ1v) is 7.69. The van der Waals surface area contributed by atoms with Crippen molar-refractivity contribution in [3.05, 3.63) is 42.0 Å². The van der Waals surface area contributed by atoms with E-state index in [1.54, 1.807) is 18.0 Å². The van der Waals surface area contributed by atoms with Gasteiger partial charge in [-0.15, -0.1) is 0 Å². The number of hydrogen-bond acceptors (Lipinski definition) is 3. The summed E-state index contributed by atoms with van der Waals surface area (Å²) in [6.45, 7) is 7.79. The van der Waals surface area contributed by atoms with Gasteiger partial charge >= 0.3 is 6.09 Å². The lowest BCUT2D eigenvalue weighted by molar-refractivity contribution is -0.121. The minimum Gasteiger partial charge on any atom is -0.444 e. The molecule has 5 nitrogen and oxygen atoms in total. The van der Waals surface area contributed by atoms with Gasteiger partial charge in [-0.05, 0) is 45.4 Å². The quantitative estimate of drug-likeness (QED) is 0.788. The summed E-state index contributed by atoms with van der Waals surface area (Å²) in [6, 6.07) is 7.07. The summed E-state index contributed by atoms with van der Waals surface area (Å²) in [6.07, 6.45) is 3.09. The molecule has 0 saturated heterocycles. The van der Waals surface area contributed by atoms with E-state index in [1.165, 1.54) is 4.90 Å². The molecule has 0 aromatic heterocycles. The monoisotopic (exact) mass is 316 g/mol. The van der Waals surface area contributed by atoms with Gasteiger partial charge in [-0.1, -0.05) is 24.3 Å². The van der Waals surface area contributed by atoms with Crippen LogP contribution in [0, 0.1) is 6.92 Å². The smallest absolute Gasteiger partial charge is 0.411 e. The Hall–Kier alpha value is -2.30. The summed E-state index contributed by atoms with van der Waals surface area (Å²) < 4.78 is 5.38. The van der Waals surface area contributed by atoms with Crippen molar-refractivity contribution in [2.24, 2.45) is 0 Å². The molecular formula is C18H24N2O3. The molecule has 2 rings (SSSR count). The predicted molar refractivity (Wildman–Crippen MR) is 90.5 cm³/mol. The molecule has 0 aliphatic carbocycles. The Morgan fingerprint density at radius 2 is 2.00 bits per heavy atom. The van der Waals surface area contributed by atoms with E-state index in [0.717, 1.165) is 11.3 Å². The van der Waals surface area contributed by atoms with Crippen LogP contribution in [0.4, 0.5) is 10.5 Å². The van der Waals surface area contributed by atoms with Crippen LogP contribution in [0.15, 0.2) is 36.4 Å². The minimum absolute atomic E-state index is 0.157. The van der Waals surface area contributed by atoms with Crippen molar-refractivity contribution < 1.29 is 14.3 Å². The lowest BCUT2D eigenvalue weighted by atomic mass is 10.2. The van der Waals surface area contributed by atoms with Gasteiger partial charge in [0.15, 0.2) is 0 Å². The minimum atomic E-state index is -0.629. The van der Waals surface area contributed by atoms with Crippen LogP contribution in [0.5, 0.6) is 0 Å². The number of ether oxygens (including phenoxy) is 1. The normalized spacial score (nSPS) is 17.3. The average molecular weight is 316 g/mol. The van der Waals surface area contributed by atoms with Gasteiger partial charge in [0.1, 0.15) is 11.6 Å². The number of carbonyl (C=O) groups is 2. The molecule has 1 aliphatic rings. The topological polar surface area (TPSA) is 49.9 Å². The fourth-order valence-corrected chi connectivity index (χ4v) is 2.41. The summed E-state index contributed by atoms with van der Waals surface area (Å²) in [7, 11) is 1.72. The van der Waals surface area contributed by atoms with E-state index >= 15 is 0 Å². The Balaban J connectivity index is 2.14. The molecule has 1 atom stereocenters. The highest BCUT2D eigenvalue weighted by Crippen LogP contribution is 2.21. The van der Waals surface area contributed by atoms with E-state index in [1.807, 2.05) is 58.0 Å². The first-order valence-electron chi connectivity index (χ1n) is 7.69. The van der Waals surface area contributed by atoms with Crippen molar-refractivity contribution in [2.75, 3.05) is 18.5 Å². The Labute approximate surface area is 137 Å². The van der Waals surface area contributed by atoms with Crippen molar-refractivity contribution in [3.63, 3.8) is 0 Å². The van der Waals surface area contributed by atoms with Crippen LogP contribution < -0.4 is 4.90 Å². The van der Waals surface area contributed by atoms with Crippen LogP contribution in [0.2, 0.25) is 0 Å². The van der Waals surface area contributed by atoms with E-state index in [4.69, 9.17) is 4.74 Å². The molecule has 2 amide bonds.